The number of rotatable bonds is 5. The lowest BCUT2D eigenvalue weighted by Gasteiger charge is -2.26. The second-order valence-electron chi connectivity index (χ2n) is 8.81. The Labute approximate surface area is 218 Å². The van der Waals surface area contributed by atoms with Gasteiger partial charge in [-0.05, 0) is 42.0 Å². The normalized spacial score (nSPS) is 14.5. The number of carbonyl (C=O) groups is 1. The maximum atomic E-state index is 15.1. The zero-order valence-corrected chi connectivity index (χ0v) is 20.2. The molecule has 0 aliphatic carbocycles. The molecule has 2 aromatic carbocycles. The van der Waals surface area contributed by atoms with Gasteiger partial charge in [0.25, 0.3) is 0 Å². The van der Waals surface area contributed by atoms with Crippen molar-refractivity contribution in [1.82, 2.24) is 19.5 Å². The molecule has 1 fully saturated rings. The Kier molecular flexibility index (Phi) is 7.06. The Morgan fingerprint density at radius 3 is 2.51 bits per heavy atom. The van der Waals surface area contributed by atoms with Crippen molar-refractivity contribution < 1.29 is 31.5 Å². The first kappa shape index (κ1) is 26.3. The molecule has 39 heavy (non-hydrogen) atoms. The number of morpholine rings is 1. The minimum Gasteiger partial charge on any atom is -0.382 e. The van der Waals surface area contributed by atoms with Gasteiger partial charge in [-0.15, -0.1) is 0 Å². The molecule has 1 aliphatic heterocycles. The topological polar surface area (TPSA) is 110 Å². The molecule has 204 valence electrons. The van der Waals surface area contributed by atoms with Crippen molar-refractivity contribution >= 4 is 28.7 Å². The molecular formula is C25H22F5N7O2. The van der Waals surface area contributed by atoms with E-state index in [-0.39, 0.29) is 17.2 Å². The van der Waals surface area contributed by atoms with E-state index >= 15 is 4.39 Å². The molecule has 3 heterocycles. The average Bonchev–Trinajstić information content (AvgIpc) is 3.26. The number of alkyl halides is 3. The SMILES string of the molecule is Nc1ncnn2c(CN3CCOCC3)cc(-c3ccc(NC(=O)Nc4ccc(F)c(C(F)(F)F)c4)c(F)c3)c12. The van der Waals surface area contributed by atoms with Crippen molar-refractivity contribution in [3.05, 3.63) is 71.7 Å². The number of carbonyl (C=O) groups excluding carboxylic acids is 1. The number of nitrogens with two attached hydrogens (primary N) is 1. The molecule has 2 amide bonds. The minimum atomic E-state index is -4.94. The van der Waals surface area contributed by atoms with Gasteiger partial charge in [0.05, 0.1) is 30.2 Å². The monoisotopic (exact) mass is 547 g/mol. The first-order chi connectivity index (χ1) is 18.6. The molecule has 1 aliphatic rings. The number of benzene rings is 2. The molecule has 1 saturated heterocycles. The van der Waals surface area contributed by atoms with Gasteiger partial charge in [-0.25, -0.2) is 23.1 Å². The highest BCUT2D eigenvalue weighted by Gasteiger charge is 2.34. The van der Waals surface area contributed by atoms with E-state index in [9.17, 15) is 22.4 Å². The molecule has 9 nitrogen and oxygen atoms in total. The number of ether oxygens (including phenoxy) is 1. The molecule has 4 N–H and O–H groups in total. The van der Waals surface area contributed by atoms with Gasteiger partial charge in [-0.2, -0.15) is 18.3 Å². The lowest BCUT2D eigenvalue weighted by atomic mass is 10.1. The summed E-state index contributed by atoms with van der Waals surface area (Å²) in [7, 11) is 0. The Morgan fingerprint density at radius 1 is 1.03 bits per heavy atom. The van der Waals surface area contributed by atoms with E-state index in [0.717, 1.165) is 24.8 Å². The van der Waals surface area contributed by atoms with E-state index in [4.69, 9.17) is 10.5 Å². The number of fused-ring (bicyclic) bond motifs is 1. The van der Waals surface area contributed by atoms with Crippen LogP contribution in [0.3, 0.4) is 0 Å². The molecule has 0 saturated carbocycles. The van der Waals surface area contributed by atoms with E-state index < -0.39 is 29.4 Å². The second-order valence-corrected chi connectivity index (χ2v) is 8.81. The van der Waals surface area contributed by atoms with Crippen LogP contribution in [0.15, 0.2) is 48.8 Å². The fourth-order valence-corrected chi connectivity index (χ4v) is 4.34. The fourth-order valence-electron chi connectivity index (χ4n) is 4.34. The third kappa shape index (κ3) is 5.61. The number of nitrogen functional groups attached to an aromatic ring is 1. The molecule has 5 rings (SSSR count). The fraction of sp³-hybridized carbons (Fsp3) is 0.240. The van der Waals surface area contributed by atoms with E-state index in [0.29, 0.717) is 48.5 Å². The quantitative estimate of drug-likeness (QED) is 0.311. The van der Waals surface area contributed by atoms with Gasteiger partial charge >= 0.3 is 12.2 Å². The Hall–Kier alpha value is -4.30. The van der Waals surface area contributed by atoms with Crippen LogP contribution in [0.25, 0.3) is 16.6 Å². The van der Waals surface area contributed by atoms with Gasteiger partial charge in [0.2, 0.25) is 0 Å². The standard InChI is InChI=1S/C25H22F5N7O2/c26-19-3-2-15(10-18(19)25(28,29)30)34-24(38)35-21-4-1-14(9-20(21)27)17-11-16(12-36-5-7-39-8-6-36)37-22(17)23(31)32-13-33-37/h1-4,9-11,13H,5-8,12H2,(H2,31,32,33)(H2,34,35,38). The molecule has 0 bridgehead atoms. The molecule has 0 unspecified atom stereocenters. The molecule has 0 spiro atoms. The Balaban J connectivity index is 1.37. The highest BCUT2D eigenvalue weighted by atomic mass is 19.4. The van der Waals surface area contributed by atoms with Gasteiger partial charge in [-0.3, -0.25) is 4.90 Å². The highest BCUT2D eigenvalue weighted by Crippen LogP contribution is 2.34. The molecule has 14 heteroatoms. The highest BCUT2D eigenvalue weighted by molar-refractivity contribution is 6.00. The van der Waals surface area contributed by atoms with Crippen LogP contribution < -0.4 is 16.4 Å². The summed E-state index contributed by atoms with van der Waals surface area (Å²) in [5, 5.41) is 8.70. The van der Waals surface area contributed by atoms with Crippen molar-refractivity contribution in [3.8, 4) is 11.1 Å². The number of urea groups is 1. The van der Waals surface area contributed by atoms with Crippen molar-refractivity contribution in [2.45, 2.75) is 12.7 Å². The summed E-state index contributed by atoms with van der Waals surface area (Å²) in [6.45, 7) is 3.28. The summed E-state index contributed by atoms with van der Waals surface area (Å²) in [6, 6.07) is 6.88. The maximum absolute atomic E-state index is 15.1. The van der Waals surface area contributed by atoms with Crippen LogP contribution >= 0.6 is 0 Å². The van der Waals surface area contributed by atoms with Gasteiger partial charge in [0, 0.05) is 30.9 Å². The second kappa shape index (κ2) is 10.5. The van der Waals surface area contributed by atoms with Gasteiger partial charge < -0.3 is 21.1 Å². The Bertz CT molecular complexity index is 1530. The number of hydrogen-bond acceptors (Lipinski definition) is 6. The summed E-state index contributed by atoms with van der Waals surface area (Å²) in [5.74, 6) is -2.08. The smallest absolute Gasteiger partial charge is 0.382 e. The van der Waals surface area contributed by atoms with Crippen LogP contribution in [0.1, 0.15) is 11.3 Å². The summed E-state index contributed by atoms with van der Waals surface area (Å²) < 4.78 is 74.4. The number of nitrogens with one attached hydrogen (secondary N) is 2. The molecule has 0 radical (unpaired) electrons. The van der Waals surface area contributed by atoms with E-state index in [2.05, 4.69) is 25.6 Å². The molecule has 2 aromatic heterocycles. The van der Waals surface area contributed by atoms with Gasteiger partial charge in [0.15, 0.2) is 5.82 Å². The van der Waals surface area contributed by atoms with Crippen molar-refractivity contribution in [3.63, 3.8) is 0 Å². The lowest BCUT2D eigenvalue weighted by Crippen LogP contribution is -2.36. The van der Waals surface area contributed by atoms with Crippen LogP contribution in [0.5, 0.6) is 0 Å². The minimum absolute atomic E-state index is 0.202. The number of aromatic nitrogens is 3. The number of amides is 2. The number of nitrogens with zero attached hydrogens (tertiary/aromatic N) is 4. The van der Waals surface area contributed by atoms with E-state index in [1.807, 2.05) is 6.07 Å². The van der Waals surface area contributed by atoms with Gasteiger partial charge in [-0.1, -0.05) is 6.07 Å². The maximum Gasteiger partial charge on any atom is 0.419 e. The number of halogens is 5. The van der Waals surface area contributed by atoms with Crippen LogP contribution in [0.4, 0.5) is 43.9 Å². The van der Waals surface area contributed by atoms with E-state index in [1.165, 1.54) is 18.5 Å². The molecule has 0 atom stereocenters. The molecular weight excluding hydrogens is 525 g/mol. The zero-order valence-electron chi connectivity index (χ0n) is 20.2. The van der Waals surface area contributed by atoms with Crippen molar-refractivity contribution in [2.75, 3.05) is 42.7 Å². The van der Waals surface area contributed by atoms with Crippen LogP contribution in [0, 0.1) is 11.6 Å². The van der Waals surface area contributed by atoms with Crippen molar-refractivity contribution in [2.24, 2.45) is 0 Å². The summed E-state index contributed by atoms with van der Waals surface area (Å²) in [5.41, 5.74) is 6.39. The molecule has 4 aromatic rings. The first-order valence-electron chi connectivity index (χ1n) is 11.8. The van der Waals surface area contributed by atoms with Crippen LogP contribution in [-0.4, -0.2) is 51.8 Å². The third-order valence-electron chi connectivity index (χ3n) is 6.20. The lowest BCUT2D eigenvalue weighted by molar-refractivity contribution is -0.139. The predicted octanol–water partition coefficient (Wildman–Crippen LogP) is 4.75. The van der Waals surface area contributed by atoms with E-state index in [1.54, 1.807) is 10.6 Å². The zero-order chi connectivity index (χ0) is 27.7. The number of anilines is 3. The largest absolute Gasteiger partial charge is 0.419 e. The summed E-state index contributed by atoms with van der Waals surface area (Å²) in [4.78, 5) is 18.6. The van der Waals surface area contributed by atoms with Crippen LogP contribution in [0.2, 0.25) is 0 Å². The summed E-state index contributed by atoms with van der Waals surface area (Å²) >= 11 is 0. The van der Waals surface area contributed by atoms with Crippen molar-refractivity contribution in [1.29, 1.82) is 0 Å². The number of hydrogen-bond donors (Lipinski definition) is 3. The average molecular weight is 547 g/mol. The summed E-state index contributed by atoms with van der Waals surface area (Å²) in [6.07, 6.45) is -3.61. The van der Waals surface area contributed by atoms with Crippen LogP contribution in [-0.2, 0) is 17.5 Å². The first-order valence-corrected chi connectivity index (χ1v) is 11.8. The Morgan fingerprint density at radius 2 is 1.79 bits per heavy atom. The predicted molar refractivity (Wildman–Crippen MR) is 133 cm³/mol. The third-order valence-corrected chi connectivity index (χ3v) is 6.20. The van der Waals surface area contributed by atoms with Gasteiger partial charge in [0.1, 0.15) is 23.5 Å².